The van der Waals surface area contributed by atoms with E-state index in [1.807, 2.05) is 28.9 Å². The summed E-state index contributed by atoms with van der Waals surface area (Å²) < 4.78 is 5.47. The number of amides is 2. The van der Waals surface area contributed by atoms with Crippen molar-refractivity contribution in [3.05, 3.63) is 28.8 Å². The van der Waals surface area contributed by atoms with Gasteiger partial charge in [-0.05, 0) is 48.9 Å². The van der Waals surface area contributed by atoms with Gasteiger partial charge in [-0.15, -0.1) is 0 Å². The van der Waals surface area contributed by atoms with E-state index in [0.29, 0.717) is 26.2 Å². The Labute approximate surface area is 149 Å². The first-order valence-corrected chi connectivity index (χ1v) is 9.19. The third-order valence-electron chi connectivity index (χ3n) is 5.23. The monoisotopic (exact) mass is 344 g/mol. The van der Waals surface area contributed by atoms with Gasteiger partial charge >= 0.3 is 0 Å². The van der Waals surface area contributed by atoms with Crippen LogP contribution in [0.4, 0.5) is 0 Å². The summed E-state index contributed by atoms with van der Waals surface area (Å²) in [6.07, 6.45) is 2.06. The number of ether oxygens (including phenoxy) is 1. The van der Waals surface area contributed by atoms with Crippen molar-refractivity contribution >= 4 is 11.8 Å². The van der Waals surface area contributed by atoms with E-state index in [0.717, 1.165) is 35.3 Å². The minimum Gasteiger partial charge on any atom is -0.496 e. The predicted molar refractivity (Wildman–Crippen MR) is 97.0 cm³/mol. The Morgan fingerprint density at radius 1 is 1.08 bits per heavy atom. The molecule has 3 rings (SSSR count). The third-order valence-corrected chi connectivity index (χ3v) is 5.23. The largest absolute Gasteiger partial charge is 0.496 e. The molecule has 1 aromatic carbocycles. The first kappa shape index (κ1) is 17.8. The lowest BCUT2D eigenvalue weighted by molar-refractivity contribution is -0.134. The van der Waals surface area contributed by atoms with Crippen molar-refractivity contribution < 1.29 is 14.3 Å². The number of piperazine rings is 1. The summed E-state index contributed by atoms with van der Waals surface area (Å²) >= 11 is 0. The molecule has 2 aliphatic rings. The van der Waals surface area contributed by atoms with E-state index in [1.54, 1.807) is 7.11 Å². The summed E-state index contributed by atoms with van der Waals surface area (Å²) in [4.78, 5) is 28.9. The molecule has 25 heavy (non-hydrogen) atoms. The van der Waals surface area contributed by atoms with Gasteiger partial charge in [0.05, 0.1) is 7.11 Å². The summed E-state index contributed by atoms with van der Waals surface area (Å²) in [5.74, 6) is 1.70. The van der Waals surface area contributed by atoms with Crippen molar-refractivity contribution in [2.75, 3.05) is 33.3 Å². The molecule has 0 N–H and O–H groups in total. The molecule has 1 aliphatic carbocycles. The number of carbonyl (C=O) groups excluding carboxylic acids is 2. The highest BCUT2D eigenvalue weighted by atomic mass is 16.5. The van der Waals surface area contributed by atoms with Crippen LogP contribution in [0.5, 0.6) is 5.75 Å². The van der Waals surface area contributed by atoms with Crippen molar-refractivity contribution in [1.29, 1.82) is 0 Å². The van der Waals surface area contributed by atoms with Crippen LogP contribution in [0.1, 0.15) is 54.1 Å². The predicted octanol–water partition coefficient (Wildman–Crippen LogP) is 2.82. The maximum Gasteiger partial charge on any atom is 0.254 e. The number of rotatable bonds is 4. The molecule has 2 amide bonds. The molecule has 0 aromatic heterocycles. The molecule has 1 saturated heterocycles. The van der Waals surface area contributed by atoms with Crippen LogP contribution >= 0.6 is 0 Å². The second kappa shape index (κ2) is 7.06. The van der Waals surface area contributed by atoms with Crippen LogP contribution in [0, 0.1) is 12.8 Å². The Kier molecular flexibility index (Phi) is 5.02. The standard InChI is InChI=1S/C20H28N2O3/c1-13(2)16-12-17(14(3)11-18(16)25-4)20(24)22-9-7-21(8-10-22)19(23)15-5-6-15/h11-13,15H,5-10H2,1-4H3. The first-order chi connectivity index (χ1) is 11.9. The normalized spacial score (nSPS) is 17.8. The molecule has 0 bridgehead atoms. The summed E-state index contributed by atoms with van der Waals surface area (Å²) in [6, 6.07) is 3.93. The van der Waals surface area contributed by atoms with E-state index in [4.69, 9.17) is 4.74 Å². The highest BCUT2D eigenvalue weighted by Gasteiger charge is 2.35. The molecule has 1 aliphatic heterocycles. The number of methoxy groups -OCH3 is 1. The fourth-order valence-corrected chi connectivity index (χ4v) is 3.45. The fourth-order valence-electron chi connectivity index (χ4n) is 3.45. The van der Waals surface area contributed by atoms with Gasteiger partial charge < -0.3 is 14.5 Å². The summed E-state index contributed by atoms with van der Waals surface area (Å²) in [5, 5.41) is 0. The van der Waals surface area contributed by atoms with Gasteiger partial charge in [-0.2, -0.15) is 0 Å². The lowest BCUT2D eigenvalue weighted by Gasteiger charge is -2.35. The topological polar surface area (TPSA) is 49.9 Å². The third kappa shape index (κ3) is 3.65. The van der Waals surface area contributed by atoms with Gasteiger partial charge in [-0.25, -0.2) is 0 Å². The maximum absolute atomic E-state index is 13.0. The van der Waals surface area contributed by atoms with Gasteiger partial charge in [-0.3, -0.25) is 9.59 Å². The van der Waals surface area contributed by atoms with Crippen molar-refractivity contribution in [2.45, 2.75) is 39.5 Å². The zero-order valence-electron chi connectivity index (χ0n) is 15.7. The fraction of sp³-hybridized carbons (Fsp3) is 0.600. The molecule has 0 spiro atoms. The van der Waals surface area contributed by atoms with Gasteiger partial charge in [0.1, 0.15) is 5.75 Å². The van der Waals surface area contributed by atoms with Crippen LogP contribution < -0.4 is 4.74 Å². The van der Waals surface area contributed by atoms with Crippen molar-refractivity contribution in [2.24, 2.45) is 5.92 Å². The van der Waals surface area contributed by atoms with Crippen LogP contribution in [0.2, 0.25) is 0 Å². The molecule has 5 nitrogen and oxygen atoms in total. The molecular weight excluding hydrogens is 316 g/mol. The second-order valence-corrected chi connectivity index (χ2v) is 7.46. The molecule has 0 radical (unpaired) electrons. The number of benzene rings is 1. The number of carbonyl (C=O) groups is 2. The second-order valence-electron chi connectivity index (χ2n) is 7.46. The van der Waals surface area contributed by atoms with Gasteiger partial charge in [0.2, 0.25) is 5.91 Å². The highest BCUT2D eigenvalue weighted by Crippen LogP contribution is 2.32. The molecule has 1 aromatic rings. The number of aryl methyl sites for hydroxylation is 1. The van der Waals surface area contributed by atoms with E-state index in [-0.39, 0.29) is 23.7 Å². The Morgan fingerprint density at radius 3 is 2.20 bits per heavy atom. The quantitative estimate of drug-likeness (QED) is 0.844. The number of nitrogens with zero attached hydrogens (tertiary/aromatic N) is 2. The maximum atomic E-state index is 13.0. The van der Waals surface area contributed by atoms with E-state index in [9.17, 15) is 9.59 Å². The van der Waals surface area contributed by atoms with E-state index in [2.05, 4.69) is 13.8 Å². The SMILES string of the molecule is COc1cc(C)c(C(=O)N2CCN(C(=O)C3CC3)CC2)cc1C(C)C. The lowest BCUT2D eigenvalue weighted by atomic mass is 9.95. The molecule has 2 fully saturated rings. The summed E-state index contributed by atoms with van der Waals surface area (Å²) in [6.45, 7) is 8.67. The van der Waals surface area contributed by atoms with Gasteiger partial charge in [0.15, 0.2) is 0 Å². The van der Waals surface area contributed by atoms with Crippen LogP contribution in [0.3, 0.4) is 0 Å². The van der Waals surface area contributed by atoms with E-state index in [1.165, 1.54) is 0 Å². The highest BCUT2D eigenvalue weighted by molar-refractivity contribution is 5.96. The van der Waals surface area contributed by atoms with Crippen LogP contribution in [-0.4, -0.2) is 54.9 Å². The molecular formula is C20H28N2O3. The van der Waals surface area contributed by atoms with E-state index >= 15 is 0 Å². The van der Waals surface area contributed by atoms with Gasteiger partial charge in [-0.1, -0.05) is 13.8 Å². The Bertz CT molecular complexity index is 672. The summed E-state index contributed by atoms with van der Waals surface area (Å²) in [7, 11) is 1.66. The Balaban J connectivity index is 1.73. The minimum atomic E-state index is 0.0561. The molecule has 1 heterocycles. The minimum absolute atomic E-state index is 0.0561. The molecule has 5 heteroatoms. The van der Waals surface area contributed by atoms with Gasteiger partial charge in [0.25, 0.3) is 5.91 Å². The zero-order chi connectivity index (χ0) is 18.1. The Morgan fingerprint density at radius 2 is 1.68 bits per heavy atom. The molecule has 136 valence electrons. The zero-order valence-corrected chi connectivity index (χ0v) is 15.7. The van der Waals surface area contributed by atoms with Crippen LogP contribution in [0.15, 0.2) is 12.1 Å². The van der Waals surface area contributed by atoms with Crippen LogP contribution in [0.25, 0.3) is 0 Å². The van der Waals surface area contributed by atoms with Crippen molar-refractivity contribution in [3.8, 4) is 5.75 Å². The van der Waals surface area contributed by atoms with Crippen LogP contribution in [-0.2, 0) is 4.79 Å². The van der Waals surface area contributed by atoms with E-state index < -0.39 is 0 Å². The van der Waals surface area contributed by atoms with Crippen molar-refractivity contribution in [1.82, 2.24) is 9.80 Å². The first-order valence-electron chi connectivity index (χ1n) is 9.19. The average Bonchev–Trinajstić information content (AvgIpc) is 3.45. The smallest absolute Gasteiger partial charge is 0.254 e. The van der Waals surface area contributed by atoms with Gasteiger partial charge in [0, 0.05) is 37.7 Å². The average molecular weight is 344 g/mol. The summed E-state index contributed by atoms with van der Waals surface area (Å²) in [5.41, 5.74) is 2.73. The molecule has 0 atom stereocenters. The number of hydrogen-bond donors (Lipinski definition) is 0. The number of hydrogen-bond acceptors (Lipinski definition) is 3. The Hall–Kier alpha value is -2.04. The van der Waals surface area contributed by atoms with Crippen molar-refractivity contribution in [3.63, 3.8) is 0 Å². The molecule has 1 saturated carbocycles. The molecule has 0 unspecified atom stereocenters. The lowest BCUT2D eigenvalue weighted by Crippen LogP contribution is -2.51.